The van der Waals surface area contributed by atoms with Gasteiger partial charge in [0, 0.05) is 18.0 Å². The number of rotatable bonds is 6. The van der Waals surface area contributed by atoms with Gasteiger partial charge in [0.25, 0.3) is 0 Å². The number of carboxylic acid groups (broad SMARTS) is 1. The van der Waals surface area contributed by atoms with E-state index in [9.17, 15) is 4.79 Å². The zero-order chi connectivity index (χ0) is 15.2. The minimum absolute atomic E-state index is 0.0342. The molecule has 0 saturated carbocycles. The molecule has 1 N–H and O–H groups in total. The number of aromatic nitrogens is 1. The summed E-state index contributed by atoms with van der Waals surface area (Å²) in [6.07, 6.45) is 2.24. The molecule has 0 bridgehead atoms. The van der Waals surface area contributed by atoms with E-state index in [0.717, 1.165) is 12.2 Å². The van der Waals surface area contributed by atoms with Crippen LogP contribution in [0, 0.1) is 6.92 Å². The summed E-state index contributed by atoms with van der Waals surface area (Å²) in [6, 6.07) is 8.67. The van der Waals surface area contributed by atoms with Crippen LogP contribution in [0.2, 0.25) is 0 Å². The van der Waals surface area contributed by atoms with E-state index >= 15 is 0 Å². The Hall–Kier alpha value is -2.56. The number of carbonyl (C=O) groups is 1. The third kappa shape index (κ3) is 3.95. The van der Waals surface area contributed by atoms with E-state index in [-0.39, 0.29) is 11.3 Å². The lowest BCUT2D eigenvalue weighted by molar-refractivity contribution is 0.0693. The van der Waals surface area contributed by atoms with Gasteiger partial charge < -0.3 is 14.6 Å². The van der Waals surface area contributed by atoms with Gasteiger partial charge >= 0.3 is 5.97 Å². The van der Waals surface area contributed by atoms with Crippen LogP contribution in [-0.2, 0) is 0 Å². The summed E-state index contributed by atoms with van der Waals surface area (Å²) < 4.78 is 11.1. The summed E-state index contributed by atoms with van der Waals surface area (Å²) in [7, 11) is 0. The van der Waals surface area contributed by atoms with Gasteiger partial charge in [0.15, 0.2) is 0 Å². The van der Waals surface area contributed by atoms with Crippen molar-refractivity contribution in [2.45, 2.75) is 20.3 Å². The van der Waals surface area contributed by atoms with Gasteiger partial charge in [-0.05, 0) is 37.6 Å². The molecule has 2 aromatic rings. The topological polar surface area (TPSA) is 68.7 Å². The lowest BCUT2D eigenvalue weighted by Crippen LogP contribution is -2.02. The van der Waals surface area contributed by atoms with Crippen LogP contribution in [-0.4, -0.2) is 22.7 Å². The van der Waals surface area contributed by atoms with E-state index in [1.807, 2.05) is 6.92 Å². The summed E-state index contributed by atoms with van der Waals surface area (Å²) in [5, 5.41) is 9.14. The number of aromatic carboxylic acids is 1. The molecule has 110 valence electrons. The molecule has 0 radical (unpaired) electrons. The smallest absolute Gasteiger partial charge is 0.341 e. The molecule has 0 aliphatic rings. The first kappa shape index (κ1) is 14.8. The van der Waals surface area contributed by atoms with E-state index in [0.29, 0.717) is 18.1 Å². The van der Waals surface area contributed by atoms with E-state index < -0.39 is 5.97 Å². The SMILES string of the molecule is CCCOc1ccc(Oc2cc(C)ncc2C(=O)O)cc1. The monoisotopic (exact) mass is 287 g/mol. The van der Waals surface area contributed by atoms with Gasteiger partial charge in [0.1, 0.15) is 22.8 Å². The Morgan fingerprint density at radius 3 is 2.52 bits per heavy atom. The quantitative estimate of drug-likeness (QED) is 0.877. The normalized spacial score (nSPS) is 10.2. The third-order valence-corrected chi connectivity index (χ3v) is 2.76. The van der Waals surface area contributed by atoms with Gasteiger partial charge in [0.05, 0.1) is 6.61 Å². The lowest BCUT2D eigenvalue weighted by atomic mass is 10.2. The van der Waals surface area contributed by atoms with Gasteiger partial charge in [-0.2, -0.15) is 0 Å². The highest BCUT2D eigenvalue weighted by Crippen LogP contribution is 2.27. The van der Waals surface area contributed by atoms with Gasteiger partial charge in [-0.25, -0.2) is 4.79 Å². The highest BCUT2D eigenvalue weighted by atomic mass is 16.5. The van der Waals surface area contributed by atoms with Crippen LogP contribution in [0.5, 0.6) is 17.2 Å². The zero-order valence-corrected chi connectivity index (χ0v) is 12.0. The second kappa shape index (κ2) is 6.74. The molecular weight excluding hydrogens is 270 g/mol. The molecule has 5 nitrogen and oxygen atoms in total. The minimum Gasteiger partial charge on any atom is -0.494 e. The molecule has 0 fully saturated rings. The van der Waals surface area contributed by atoms with Crippen molar-refractivity contribution in [3.63, 3.8) is 0 Å². The maximum absolute atomic E-state index is 11.2. The number of ether oxygens (including phenoxy) is 2. The van der Waals surface area contributed by atoms with Crippen molar-refractivity contribution >= 4 is 5.97 Å². The van der Waals surface area contributed by atoms with Crippen LogP contribution in [0.3, 0.4) is 0 Å². The Morgan fingerprint density at radius 1 is 1.24 bits per heavy atom. The van der Waals surface area contributed by atoms with Crippen LogP contribution in [0.25, 0.3) is 0 Å². The molecule has 0 amide bonds. The molecular formula is C16H17NO4. The molecule has 1 heterocycles. The largest absolute Gasteiger partial charge is 0.494 e. The number of aryl methyl sites for hydroxylation is 1. The van der Waals surface area contributed by atoms with Crippen molar-refractivity contribution in [3.8, 4) is 17.2 Å². The predicted octanol–water partition coefficient (Wildman–Crippen LogP) is 3.67. The van der Waals surface area contributed by atoms with Gasteiger partial charge in [-0.3, -0.25) is 4.98 Å². The molecule has 0 unspecified atom stereocenters. The molecule has 21 heavy (non-hydrogen) atoms. The number of carboxylic acids is 1. The average Bonchev–Trinajstić information content (AvgIpc) is 2.46. The molecule has 0 aliphatic heterocycles. The molecule has 0 aliphatic carbocycles. The fourth-order valence-corrected chi connectivity index (χ4v) is 1.73. The Balaban J connectivity index is 2.18. The summed E-state index contributed by atoms with van der Waals surface area (Å²) in [4.78, 5) is 15.1. The molecule has 2 rings (SSSR count). The van der Waals surface area contributed by atoms with Crippen LogP contribution in [0.4, 0.5) is 0 Å². The summed E-state index contributed by atoms with van der Waals surface area (Å²) >= 11 is 0. The van der Waals surface area contributed by atoms with Crippen LogP contribution in [0.15, 0.2) is 36.5 Å². The average molecular weight is 287 g/mol. The van der Waals surface area contributed by atoms with E-state index in [4.69, 9.17) is 14.6 Å². The number of pyridine rings is 1. The molecule has 0 atom stereocenters. The molecule has 1 aromatic heterocycles. The first-order valence-corrected chi connectivity index (χ1v) is 6.71. The maximum Gasteiger partial charge on any atom is 0.341 e. The highest BCUT2D eigenvalue weighted by molar-refractivity contribution is 5.90. The predicted molar refractivity (Wildman–Crippen MR) is 78.2 cm³/mol. The molecule has 0 spiro atoms. The first-order valence-electron chi connectivity index (χ1n) is 6.71. The lowest BCUT2D eigenvalue weighted by Gasteiger charge is -2.10. The Labute approximate surface area is 123 Å². The molecule has 5 heteroatoms. The zero-order valence-electron chi connectivity index (χ0n) is 12.0. The summed E-state index contributed by atoms with van der Waals surface area (Å²) in [5.41, 5.74) is 0.727. The Morgan fingerprint density at radius 2 is 1.90 bits per heavy atom. The number of benzene rings is 1. The van der Waals surface area contributed by atoms with Gasteiger partial charge in [-0.15, -0.1) is 0 Å². The highest BCUT2D eigenvalue weighted by Gasteiger charge is 2.13. The third-order valence-electron chi connectivity index (χ3n) is 2.76. The van der Waals surface area contributed by atoms with Crippen molar-refractivity contribution in [2.24, 2.45) is 0 Å². The standard InChI is InChI=1S/C16H17NO4/c1-3-8-20-12-4-6-13(7-5-12)21-15-9-11(2)17-10-14(15)16(18)19/h4-7,9-10H,3,8H2,1-2H3,(H,18,19). The van der Waals surface area contributed by atoms with Gasteiger partial charge in [0.2, 0.25) is 0 Å². The van der Waals surface area contributed by atoms with E-state index in [1.165, 1.54) is 6.20 Å². The molecule has 0 saturated heterocycles. The second-order valence-electron chi connectivity index (χ2n) is 4.55. The fourth-order valence-electron chi connectivity index (χ4n) is 1.73. The minimum atomic E-state index is -1.07. The second-order valence-corrected chi connectivity index (χ2v) is 4.55. The Kier molecular flexibility index (Phi) is 4.77. The number of hydrogen-bond donors (Lipinski definition) is 1. The van der Waals surface area contributed by atoms with Crippen molar-refractivity contribution in [2.75, 3.05) is 6.61 Å². The van der Waals surface area contributed by atoms with Crippen molar-refractivity contribution in [3.05, 3.63) is 47.8 Å². The molecule has 1 aromatic carbocycles. The van der Waals surface area contributed by atoms with Crippen molar-refractivity contribution in [1.29, 1.82) is 0 Å². The number of hydrogen-bond acceptors (Lipinski definition) is 4. The number of nitrogens with zero attached hydrogens (tertiary/aromatic N) is 1. The summed E-state index contributed by atoms with van der Waals surface area (Å²) in [5.74, 6) is 0.512. The van der Waals surface area contributed by atoms with Crippen molar-refractivity contribution < 1.29 is 19.4 Å². The maximum atomic E-state index is 11.2. The van der Waals surface area contributed by atoms with E-state index in [2.05, 4.69) is 4.98 Å². The van der Waals surface area contributed by atoms with Crippen LogP contribution in [0.1, 0.15) is 29.4 Å². The van der Waals surface area contributed by atoms with E-state index in [1.54, 1.807) is 37.3 Å². The first-order chi connectivity index (χ1) is 10.1. The van der Waals surface area contributed by atoms with Crippen LogP contribution >= 0.6 is 0 Å². The van der Waals surface area contributed by atoms with Crippen LogP contribution < -0.4 is 9.47 Å². The fraction of sp³-hybridized carbons (Fsp3) is 0.250. The van der Waals surface area contributed by atoms with Gasteiger partial charge in [-0.1, -0.05) is 6.92 Å². The summed E-state index contributed by atoms with van der Waals surface area (Å²) in [6.45, 7) is 4.48. The van der Waals surface area contributed by atoms with Crippen molar-refractivity contribution in [1.82, 2.24) is 4.98 Å². The Bertz CT molecular complexity index is 623.